The quantitative estimate of drug-likeness (QED) is 0.230. The van der Waals surface area contributed by atoms with E-state index in [0.717, 1.165) is 33.2 Å². The Kier molecular flexibility index (Phi) is 6.26. The summed E-state index contributed by atoms with van der Waals surface area (Å²) in [5.41, 5.74) is 4.23. The van der Waals surface area contributed by atoms with Crippen LogP contribution in [-0.2, 0) is 16.1 Å². The number of aromatic nitrogens is 4. The molecule has 1 saturated carbocycles. The van der Waals surface area contributed by atoms with Gasteiger partial charge in [-0.3, -0.25) is 14.4 Å². The highest BCUT2D eigenvalue weighted by Crippen LogP contribution is 2.59. The Morgan fingerprint density at radius 1 is 1.12 bits per heavy atom. The highest BCUT2D eigenvalue weighted by Gasteiger charge is 2.64. The van der Waals surface area contributed by atoms with E-state index in [4.69, 9.17) is 1.37 Å². The predicted molar refractivity (Wildman–Crippen MR) is 160 cm³/mol. The number of aryl methyl sites for hydroxylation is 3. The first-order valence-corrected chi connectivity index (χ1v) is 14.3. The maximum absolute atomic E-state index is 14.0. The van der Waals surface area contributed by atoms with Crippen LogP contribution in [0.15, 0.2) is 47.5 Å². The van der Waals surface area contributed by atoms with Crippen molar-refractivity contribution in [3.05, 3.63) is 70.0 Å². The molecule has 2 aliphatic rings. The SMILES string of the molecule is [2H]C1[C@@H](C(=O)Nc2nc(Br)ccc2C)N(C(=O)Cn2cc(C(C)=O)c3cc(-c4cnc(C)nc4)cc(C)c32)[C@@H]2C[C@]12C. The summed E-state index contributed by atoms with van der Waals surface area (Å²) in [6, 6.07) is 6.41. The zero-order valence-corrected chi connectivity index (χ0v) is 25.1. The van der Waals surface area contributed by atoms with Crippen molar-refractivity contribution in [1.82, 2.24) is 24.4 Å². The summed E-state index contributed by atoms with van der Waals surface area (Å²) in [5, 5.41) is 3.60. The molecule has 210 valence electrons. The van der Waals surface area contributed by atoms with Crippen LogP contribution in [-0.4, -0.2) is 54.1 Å². The van der Waals surface area contributed by atoms with Crippen LogP contribution in [0.2, 0.25) is 0 Å². The van der Waals surface area contributed by atoms with Crippen LogP contribution in [0.3, 0.4) is 0 Å². The van der Waals surface area contributed by atoms with Gasteiger partial charge in [-0.25, -0.2) is 15.0 Å². The Morgan fingerprint density at radius 3 is 2.56 bits per heavy atom. The van der Waals surface area contributed by atoms with Gasteiger partial charge in [0.1, 0.15) is 28.8 Å². The lowest BCUT2D eigenvalue weighted by Crippen LogP contribution is -2.46. The number of carbonyl (C=O) groups is 3. The predicted octanol–water partition coefficient (Wildman–Crippen LogP) is 5.40. The molecular weight excluding hydrogens is 584 g/mol. The van der Waals surface area contributed by atoms with Gasteiger partial charge in [-0.2, -0.15) is 0 Å². The second-order valence-corrected chi connectivity index (χ2v) is 12.2. The van der Waals surface area contributed by atoms with Crippen molar-refractivity contribution in [3.8, 4) is 11.1 Å². The summed E-state index contributed by atoms with van der Waals surface area (Å²) < 4.78 is 11.3. The maximum Gasteiger partial charge on any atom is 0.248 e. The van der Waals surface area contributed by atoms with E-state index in [2.05, 4.69) is 36.2 Å². The minimum atomic E-state index is -0.954. The van der Waals surface area contributed by atoms with Crippen LogP contribution in [0.1, 0.15) is 55.3 Å². The van der Waals surface area contributed by atoms with Crippen molar-refractivity contribution in [1.29, 1.82) is 0 Å². The van der Waals surface area contributed by atoms with Gasteiger partial charge < -0.3 is 14.8 Å². The van der Waals surface area contributed by atoms with E-state index in [1.165, 1.54) is 6.92 Å². The normalized spacial score (nSPS) is 23.3. The molecule has 1 aliphatic carbocycles. The molecular formula is C31H31BrN6O3. The van der Waals surface area contributed by atoms with Gasteiger partial charge in [0, 0.05) is 42.5 Å². The number of Topliss-reactive ketones (excluding diaryl/α,β-unsaturated/α-hetero) is 1. The Hall–Kier alpha value is -3.92. The number of piperidine rings is 1. The lowest BCUT2D eigenvalue weighted by molar-refractivity contribution is -0.138. The molecule has 2 amide bonds. The second kappa shape index (κ2) is 9.87. The lowest BCUT2D eigenvalue weighted by Gasteiger charge is -2.27. The van der Waals surface area contributed by atoms with Gasteiger partial charge in [0.2, 0.25) is 11.8 Å². The van der Waals surface area contributed by atoms with E-state index in [9.17, 15) is 14.4 Å². The number of likely N-dealkylation sites (tertiary alicyclic amines) is 1. The van der Waals surface area contributed by atoms with E-state index in [-0.39, 0.29) is 24.3 Å². The molecule has 41 heavy (non-hydrogen) atoms. The van der Waals surface area contributed by atoms with E-state index >= 15 is 0 Å². The molecule has 6 rings (SSSR count). The zero-order chi connectivity index (χ0) is 30.1. The van der Waals surface area contributed by atoms with Crippen LogP contribution in [0, 0.1) is 26.2 Å². The molecule has 1 saturated heterocycles. The molecule has 4 aromatic rings. The molecule has 0 spiro atoms. The largest absolute Gasteiger partial charge is 0.337 e. The molecule has 0 bridgehead atoms. The van der Waals surface area contributed by atoms with Gasteiger partial charge >= 0.3 is 0 Å². The molecule has 4 heterocycles. The number of rotatable bonds is 6. The summed E-state index contributed by atoms with van der Waals surface area (Å²) in [6.45, 7) is 9.02. The number of halogens is 1. The van der Waals surface area contributed by atoms with Crippen molar-refractivity contribution in [2.45, 2.75) is 66.1 Å². The molecule has 1 N–H and O–H groups in total. The standard InChI is InChI=1S/C31H31BrN6O3/c1-16-6-7-26(32)35-29(16)36-30(41)24-10-31(5)11-25(31)38(24)27(40)15-37-14-23(18(3)39)22-9-20(8-17(2)28(22)37)21-12-33-19(4)34-13-21/h6-9,12-14,24-25H,10-11,15H2,1-5H3,(H,35,36,41)/t24-,25+,31-/m0/s1/i10D/t10?,24-,25+,31-. The fraction of sp³-hybridized carbons (Fsp3) is 0.355. The lowest BCUT2D eigenvalue weighted by atomic mass is 10.0. The highest BCUT2D eigenvalue weighted by atomic mass is 79.9. The van der Waals surface area contributed by atoms with Crippen LogP contribution in [0.25, 0.3) is 22.0 Å². The number of hydrogen-bond donors (Lipinski definition) is 1. The number of benzene rings is 1. The minimum absolute atomic E-state index is 0.0607. The summed E-state index contributed by atoms with van der Waals surface area (Å²) >= 11 is 3.34. The molecule has 9 nitrogen and oxygen atoms in total. The topological polar surface area (TPSA) is 110 Å². The average molecular weight is 617 g/mol. The van der Waals surface area contributed by atoms with Gasteiger partial charge in [-0.1, -0.05) is 13.0 Å². The van der Waals surface area contributed by atoms with Crippen LogP contribution < -0.4 is 5.32 Å². The molecule has 4 atom stereocenters. The number of pyridine rings is 1. The first kappa shape index (κ1) is 26.0. The number of amides is 2. The van der Waals surface area contributed by atoms with Gasteiger partial charge in [0.05, 0.1) is 5.52 Å². The molecule has 1 aliphatic heterocycles. The van der Waals surface area contributed by atoms with Crippen molar-refractivity contribution < 1.29 is 15.8 Å². The molecule has 2 fully saturated rings. The van der Waals surface area contributed by atoms with Crippen molar-refractivity contribution >= 4 is 50.2 Å². The molecule has 1 unspecified atom stereocenters. The van der Waals surface area contributed by atoms with Crippen molar-refractivity contribution in [3.63, 3.8) is 0 Å². The minimum Gasteiger partial charge on any atom is -0.337 e. The average Bonchev–Trinajstić information content (AvgIpc) is 3.39. The number of nitrogens with zero attached hydrogens (tertiary/aromatic N) is 5. The number of ketones is 1. The van der Waals surface area contributed by atoms with E-state index in [1.54, 1.807) is 34.1 Å². The molecule has 3 aromatic heterocycles. The third-order valence-electron chi connectivity index (χ3n) is 8.23. The first-order chi connectivity index (χ1) is 19.9. The Morgan fingerprint density at radius 2 is 1.85 bits per heavy atom. The number of fused-ring (bicyclic) bond motifs is 2. The van der Waals surface area contributed by atoms with E-state index < -0.39 is 23.8 Å². The van der Waals surface area contributed by atoms with Crippen LogP contribution >= 0.6 is 15.9 Å². The zero-order valence-electron chi connectivity index (χ0n) is 24.5. The number of carbonyl (C=O) groups excluding carboxylic acids is 3. The maximum atomic E-state index is 14.0. The number of nitrogens with one attached hydrogen (secondary N) is 1. The van der Waals surface area contributed by atoms with Gasteiger partial charge in [-0.05, 0) is 96.7 Å². The molecule has 10 heteroatoms. The fourth-order valence-electron chi connectivity index (χ4n) is 5.94. The summed E-state index contributed by atoms with van der Waals surface area (Å²) in [4.78, 5) is 54.8. The second-order valence-electron chi connectivity index (χ2n) is 11.4. The third-order valence-corrected chi connectivity index (χ3v) is 8.67. The van der Waals surface area contributed by atoms with E-state index in [0.29, 0.717) is 28.2 Å². The van der Waals surface area contributed by atoms with Crippen molar-refractivity contribution in [2.24, 2.45) is 5.41 Å². The van der Waals surface area contributed by atoms with Crippen molar-refractivity contribution in [2.75, 3.05) is 5.32 Å². The third kappa shape index (κ3) is 4.84. The Labute approximate surface area is 247 Å². The van der Waals surface area contributed by atoms with E-state index in [1.807, 2.05) is 45.9 Å². The molecule has 0 radical (unpaired) electrons. The van der Waals surface area contributed by atoms with Crippen LogP contribution in [0.5, 0.6) is 0 Å². The Balaban J connectivity index is 1.34. The fourth-order valence-corrected chi connectivity index (χ4v) is 6.25. The monoisotopic (exact) mass is 615 g/mol. The van der Waals surface area contributed by atoms with Gasteiger partial charge in [-0.15, -0.1) is 0 Å². The highest BCUT2D eigenvalue weighted by molar-refractivity contribution is 9.10. The molecule has 1 aromatic carbocycles. The smallest absolute Gasteiger partial charge is 0.248 e. The summed E-state index contributed by atoms with van der Waals surface area (Å²) in [7, 11) is 0. The number of hydrogen-bond acceptors (Lipinski definition) is 6. The van der Waals surface area contributed by atoms with Gasteiger partial charge in [0.25, 0.3) is 0 Å². The summed E-state index contributed by atoms with van der Waals surface area (Å²) in [6.07, 6.45) is 5.14. The number of anilines is 1. The first-order valence-electron chi connectivity index (χ1n) is 14.1. The van der Waals surface area contributed by atoms with Crippen LogP contribution in [0.4, 0.5) is 5.82 Å². The van der Waals surface area contributed by atoms with Gasteiger partial charge in [0.15, 0.2) is 5.78 Å². The Bertz CT molecular complexity index is 1790. The summed E-state index contributed by atoms with van der Waals surface area (Å²) in [5.74, 6) is 0.268.